The standard InChI is InChI=1S/C10H15BrClN3O/c1-10(2,15(3)4)5-16-9-7(11)8(12)13-6-14-9/h6H,5H2,1-4H3. The fourth-order valence-corrected chi connectivity index (χ4v) is 1.25. The van der Waals surface area contributed by atoms with Crippen LogP contribution in [0.2, 0.25) is 5.15 Å². The van der Waals surface area contributed by atoms with E-state index < -0.39 is 0 Å². The largest absolute Gasteiger partial charge is 0.475 e. The van der Waals surface area contributed by atoms with Crippen molar-refractivity contribution in [2.24, 2.45) is 0 Å². The van der Waals surface area contributed by atoms with Gasteiger partial charge in [0.2, 0.25) is 5.88 Å². The summed E-state index contributed by atoms with van der Waals surface area (Å²) in [4.78, 5) is 9.94. The molecule has 0 aliphatic rings. The summed E-state index contributed by atoms with van der Waals surface area (Å²) in [6.07, 6.45) is 1.38. The van der Waals surface area contributed by atoms with Gasteiger partial charge in [0, 0.05) is 5.54 Å². The van der Waals surface area contributed by atoms with Crippen LogP contribution in [0.3, 0.4) is 0 Å². The Morgan fingerprint density at radius 1 is 1.44 bits per heavy atom. The number of likely N-dealkylation sites (N-methyl/N-ethyl adjacent to an activating group) is 1. The molecule has 0 amide bonds. The quantitative estimate of drug-likeness (QED) is 0.802. The molecule has 1 aromatic rings. The first-order valence-corrected chi connectivity index (χ1v) is 5.98. The third kappa shape index (κ3) is 3.30. The fraction of sp³-hybridized carbons (Fsp3) is 0.600. The van der Waals surface area contributed by atoms with E-state index in [2.05, 4.69) is 44.6 Å². The first-order chi connectivity index (χ1) is 7.34. The third-order valence-electron chi connectivity index (χ3n) is 2.49. The van der Waals surface area contributed by atoms with Crippen LogP contribution in [-0.2, 0) is 0 Å². The Labute approximate surface area is 109 Å². The smallest absolute Gasteiger partial charge is 0.232 e. The highest BCUT2D eigenvalue weighted by Gasteiger charge is 2.22. The van der Waals surface area contributed by atoms with Gasteiger partial charge in [0.15, 0.2) is 5.15 Å². The van der Waals surface area contributed by atoms with Crippen LogP contribution in [0.5, 0.6) is 5.88 Å². The Balaban J connectivity index is 2.72. The predicted octanol–water partition coefficient (Wildman–Crippen LogP) is 2.61. The predicted molar refractivity (Wildman–Crippen MR) is 68.0 cm³/mol. The summed E-state index contributed by atoms with van der Waals surface area (Å²) < 4.78 is 6.21. The molecule has 1 aromatic heterocycles. The van der Waals surface area contributed by atoms with E-state index in [0.717, 1.165) is 0 Å². The van der Waals surface area contributed by atoms with Crippen LogP contribution in [0.25, 0.3) is 0 Å². The lowest BCUT2D eigenvalue weighted by atomic mass is 10.1. The fourth-order valence-electron chi connectivity index (χ4n) is 0.808. The number of ether oxygens (including phenoxy) is 1. The van der Waals surface area contributed by atoms with Crippen molar-refractivity contribution in [2.45, 2.75) is 19.4 Å². The van der Waals surface area contributed by atoms with E-state index in [0.29, 0.717) is 22.1 Å². The zero-order valence-electron chi connectivity index (χ0n) is 9.79. The number of halogens is 2. The lowest BCUT2D eigenvalue weighted by Gasteiger charge is -2.31. The SMILES string of the molecule is CN(C)C(C)(C)COc1ncnc(Cl)c1Br. The number of aromatic nitrogens is 2. The Morgan fingerprint density at radius 3 is 2.62 bits per heavy atom. The highest BCUT2D eigenvalue weighted by Crippen LogP contribution is 2.28. The van der Waals surface area contributed by atoms with Gasteiger partial charge in [0.05, 0.1) is 0 Å². The number of hydrogen-bond donors (Lipinski definition) is 0. The monoisotopic (exact) mass is 307 g/mol. The van der Waals surface area contributed by atoms with Crippen LogP contribution in [0, 0.1) is 0 Å². The van der Waals surface area contributed by atoms with Crippen molar-refractivity contribution in [2.75, 3.05) is 20.7 Å². The molecule has 16 heavy (non-hydrogen) atoms. The minimum absolute atomic E-state index is 0.0726. The van der Waals surface area contributed by atoms with Gasteiger partial charge in [0.25, 0.3) is 0 Å². The molecule has 0 aliphatic carbocycles. The summed E-state index contributed by atoms with van der Waals surface area (Å²) in [7, 11) is 4.01. The maximum absolute atomic E-state index is 5.84. The minimum atomic E-state index is -0.0726. The summed E-state index contributed by atoms with van der Waals surface area (Å²) in [5.74, 6) is 0.468. The Morgan fingerprint density at radius 2 is 2.06 bits per heavy atom. The van der Waals surface area contributed by atoms with Gasteiger partial charge < -0.3 is 9.64 Å². The molecule has 0 aromatic carbocycles. The van der Waals surface area contributed by atoms with Gasteiger partial charge in [-0.3, -0.25) is 0 Å². The maximum atomic E-state index is 5.84. The molecule has 0 saturated heterocycles. The second-order valence-corrected chi connectivity index (χ2v) is 5.43. The van der Waals surface area contributed by atoms with E-state index in [1.54, 1.807) is 0 Å². The van der Waals surface area contributed by atoms with Gasteiger partial charge in [-0.25, -0.2) is 9.97 Å². The molecule has 0 spiro atoms. The van der Waals surface area contributed by atoms with Crippen molar-refractivity contribution in [1.82, 2.24) is 14.9 Å². The molecule has 1 rings (SSSR count). The molecule has 0 bridgehead atoms. The Hall–Kier alpha value is -0.390. The molecule has 0 radical (unpaired) electrons. The van der Waals surface area contributed by atoms with Gasteiger partial charge in [-0.2, -0.15) is 0 Å². The molecule has 0 atom stereocenters. The van der Waals surface area contributed by atoms with Crippen LogP contribution in [0.15, 0.2) is 10.8 Å². The van der Waals surface area contributed by atoms with Gasteiger partial charge in [-0.15, -0.1) is 0 Å². The molecule has 0 unspecified atom stereocenters. The average Bonchev–Trinajstić information content (AvgIpc) is 2.20. The highest BCUT2D eigenvalue weighted by atomic mass is 79.9. The summed E-state index contributed by atoms with van der Waals surface area (Å²) in [6, 6.07) is 0. The first-order valence-electron chi connectivity index (χ1n) is 4.81. The van der Waals surface area contributed by atoms with Crippen molar-refractivity contribution in [1.29, 1.82) is 0 Å². The van der Waals surface area contributed by atoms with E-state index >= 15 is 0 Å². The van der Waals surface area contributed by atoms with Crippen molar-refractivity contribution < 1.29 is 4.74 Å². The van der Waals surface area contributed by atoms with Gasteiger partial charge >= 0.3 is 0 Å². The van der Waals surface area contributed by atoms with Gasteiger partial charge in [-0.05, 0) is 43.9 Å². The van der Waals surface area contributed by atoms with Gasteiger partial charge in [-0.1, -0.05) is 11.6 Å². The summed E-state index contributed by atoms with van der Waals surface area (Å²) >= 11 is 9.13. The zero-order chi connectivity index (χ0) is 12.3. The van der Waals surface area contributed by atoms with Crippen molar-refractivity contribution in [3.8, 4) is 5.88 Å². The van der Waals surface area contributed by atoms with E-state index in [4.69, 9.17) is 16.3 Å². The molecule has 90 valence electrons. The molecule has 0 N–H and O–H groups in total. The lowest BCUT2D eigenvalue weighted by Crippen LogP contribution is -2.43. The second kappa shape index (κ2) is 5.29. The second-order valence-electron chi connectivity index (χ2n) is 4.28. The number of hydrogen-bond acceptors (Lipinski definition) is 4. The highest BCUT2D eigenvalue weighted by molar-refractivity contribution is 9.10. The number of rotatable bonds is 4. The molecule has 1 heterocycles. The summed E-state index contributed by atoms with van der Waals surface area (Å²) in [5.41, 5.74) is -0.0726. The van der Waals surface area contributed by atoms with E-state index in [1.807, 2.05) is 14.1 Å². The lowest BCUT2D eigenvalue weighted by molar-refractivity contribution is 0.110. The maximum Gasteiger partial charge on any atom is 0.232 e. The first kappa shape index (κ1) is 13.7. The van der Waals surface area contributed by atoms with Crippen LogP contribution in [0.1, 0.15) is 13.8 Å². The van der Waals surface area contributed by atoms with Crippen LogP contribution in [-0.4, -0.2) is 41.1 Å². The molecular formula is C10H15BrClN3O. The van der Waals surface area contributed by atoms with Crippen molar-refractivity contribution >= 4 is 27.5 Å². The average molecular weight is 309 g/mol. The molecule has 0 aliphatic heterocycles. The minimum Gasteiger partial charge on any atom is -0.475 e. The van der Waals surface area contributed by atoms with Crippen molar-refractivity contribution in [3.05, 3.63) is 16.0 Å². The van der Waals surface area contributed by atoms with E-state index in [-0.39, 0.29) is 5.54 Å². The summed E-state index contributed by atoms with van der Waals surface area (Å²) in [5, 5.41) is 0.354. The van der Waals surface area contributed by atoms with Crippen LogP contribution >= 0.6 is 27.5 Å². The summed E-state index contributed by atoms with van der Waals surface area (Å²) in [6.45, 7) is 4.69. The van der Waals surface area contributed by atoms with E-state index in [1.165, 1.54) is 6.33 Å². The molecule has 6 heteroatoms. The van der Waals surface area contributed by atoms with E-state index in [9.17, 15) is 0 Å². The Bertz CT molecular complexity index is 371. The molecule has 4 nitrogen and oxygen atoms in total. The molecule has 0 fully saturated rings. The number of nitrogens with zero attached hydrogens (tertiary/aromatic N) is 3. The topological polar surface area (TPSA) is 38.2 Å². The zero-order valence-corrected chi connectivity index (χ0v) is 12.1. The Kier molecular flexibility index (Phi) is 4.52. The normalized spacial score (nSPS) is 11.9. The van der Waals surface area contributed by atoms with Crippen LogP contribution in [0.4, 0.5) is 0 Å². The molecular weight excluding hydrogens is 293 g/mol. The van der Waals surface area contributed by atoms with Crippen LogP contribution < -0.4 is 4.74 Å². The molecule has 0 saturated carbocycles. The van der Waals surface area contributed by atoms with Crippen molar-refractivity contribution in [3.63, 3.8) is 0 Å². The third-order valence-corrected chi connectivity index (χ3v) is 3.72. The van der Waals surface area contributed by atoms with Gasteiger partial charge in [0.1, 0.15) is 17.4 Å².